The van der Waals surface area contributed by atoms with Gasteiger partial charge in [0.1, 0.15) is 31.1 Å². The van der Waals surface area contributed by atoms with Crippen molar-refractivity contribution in [2.45, 2.75) is 33.4 Å². The number of urea groups is 1. The van der Waals surface area contributed by atoms with Crippen LogP contribution in [0.15, 0.2) is 105 Å². The number of benzene rings is 6. The van der Waals surface area contributed by atoms with E-state index in [9.17, 15) is 57.8 Å². The van der Waals surface area contributed by atoms with Gasteiger partial charge in [-0.05, 0) is 61.4 Å². The molecular formula is C35H26N4O13S4. The third kappa shape index (κ3) is 5.42. The lowest BCUT2D eigenvalue weighted by Crippen LogP contribution is -2.21. The Hall–Kier alpha value is -5.97. The first kappa shape index (κ1) is 37.0. The largest absolute Gasteiger partial charge is 0.508 e. The Morgan fingerprint density at radius 3 is 1.29 bits per heavy atom. The SMILES string of the molecule is Cc1ccc2c(NC(=O)Nc3c4ccc(C)c3S(=O)(=O)N4c3cccc4c(S(=O)(=O)O)cc(O)cc34)c1S(=O)(=O)N2c1cccc2c(S(=O)(=O)O)cc(O)cc12. The lowest BCUT2D eigenvalue weighted by Gasteiger charge is -2.21. The molecule has 0 aliphatic carbocycles. The summed E-state index contributed by atoms with van der Waals surface area (Å²) in [6.07, 6.45) is 0. The van der Waals surface area contributed by atoms with Crippen molar-refractivity contribution in [1.29, 1.82) is 0 Å². The van der Waals surface area contributed by atoms with Gasteiger partial charge in [-0.1, -0.05) is 36.4 Å². The highest BCUT2D eigenvalue weighted by Crippen LogP contribution is 2.53. The zero-order valence-electron chi connectivity index (χ0n) is 28.6. The van der Waals surface area contributed by atoms with Gasteiger partial charge in [0, 0.05) is 33.7 Å². The summed E-state index contributed by atoms with van der Waals surface area (Å²) in [4.78, 5) is 11.9. The molecule has 0 aromatic heterocycles. The van der Waals surface area contributed by atoms with Gasteiger partial charge in [-0.3, -0.25) is 9.11 Å². The van der Waals surface area contributed by atoms with Crippen LogP contribution in [0, 0.1) is 13.8 Å². The van der Waals surface area contributed by atoms with Crippen LogP contribution in [-0.4, -0.2) is 59.0 Å². The minimum atomic E-state index is -4.88. The van der Waals surface area contributed by atoms with Gasteiger partial charge < -0.3 is 20.8 Å². The van der Waals surface area contributed by atoms with Crippen LogP contribution in [-0.2, 0) is 40.3 Å². The van der Waals surface area contributed by atoms with Gasteiger partial charge >= 0.3 is 6.03 Å². The maximum absolute atomic E-state index is 14.2. The highest BCUT2D eigenvalue weighted by atomic mass is 32.2. The Balaban J connectivity index is 1.23. The number of aryl methyl sites for hydroxylation is 2. The van der Waals surface area contributed by atoms with Crippen molar-refractivity contribution < 1.29 is 57.8 Å². The van der Waals surface area contributed by atoms with Crippen LogP contribution in [0.4, 0.5) is 38.9 Å². The predicted octanol–water partition coefficient (Wildman–Crippen LogP) is 5.84. The van der Waals surface area contributed by atoms with Crippen LogP contribution in [0.1, 0.15) is 11.1 Å². The van der Waals surface area contributed by atoms with Crippen molar-refractivity contribution in [1.82, 2.24) is 0 Å². The number of amides is 2. The normalized spacial score (nSPS) is 15.4. The van der Waals surface area contributed by atoms with Gasteiger partial charge in [-0.15, -0.1) is 0 Å². The van der Waals surface area contributed by atoms with Gasteiger partial charge in [0.2, 0.25) is 0 Å². The molecule has 8 rings (SSSR count). The molecule has 2 amide bonds. The predicted molar refractivity (Wildman–Crippen MR) is 205 cm³/mol. The molecule has 17 nitrogen and oxygen atoms in total. The minimum Gasteiger partial charge on any atom is -0.508 e. The molecule has 0 radical (unpaired) electrons. The summed E-state index contributed by atoms with van der Waals surface area (Å²) in [7, 11) is -18.8. The molecule has 288 valence electrons. The molecule has 0 unspecified atom stereocenters. The fourth-order valence-electron chi connectivity index (χ4n) is 7.24. The number of nitrogens with one attached hydrogen (secondary N) is 2. The second-order valence-corrected chi connectivity index (χ2v) is 19.1. The van der Waals surface area contributed by atoms with Crippen LogP contribution in [0.3, 0.4) is 0 Å². The number of hydrogen-bond donors (Lipinski definition) is 6. The maximum Gasteiger partial charge on any atom is 0.323 e. The first-order valence-corrected chi connectivity index (χ1v) is 21.8. The van der Waals surface area contributed by atoms with Crippen molar-refractivity contribution >= 4 is 102 Å². The average Bonchev–Trinajstić information content (AvgIpc) is 3.34. The number of phenolic OH excluding ortho intramolecular Hbond substituents is 2. The number of phenols is 2. The highest BCUT2D eigenvalue weighted by Gasteiger charge is 2.44. The highest BCUT2D eigenvalue weighted by molar-refractivity contribution is 7.94. The number of rotatable bonds is 6. The third-order valence-electron chi connectivity index (χ3n) is 9.41. The van der Waals surface area contributed by atoms with E-state index in [-0.39, 0.29) is 76.6 Å². The molecule has 0 atom stereocenters. The molecule has 56 heavy (non-hydrogen) atoms. The summed E-state index contributed by atoms with van der Waals surface area (Å²) in [6.45, 7) is 2.94. The van der Waals surface area contributed by atoms with Gasteiger partial charge in [0.05, 0.1) is 34.1 Å². The van der Waals surface area contributed by atoms with E-state index >= 15 is 0 Å². The van der Waals surface area contributed by atoms with E-state index in [1.165, 1.54) is 74.5 Å². The average molecular weight is 839 g/mol. The van der Waals surface area contributed by atoms with E-state index in [1.807, 2.05) is 0 Å². The summed E-state index contributed by atoms with van der Waals surface area (Å²) in [5.41, 5.74) is -0.480. The molecule has 2 aliphatic heterocycles. The van der Waals surface area contributed by atoms with Crippen LogP contribution < -0.4 is 19.2 Å². The lowest BCUT2D eigenvalue weighted by molar-refractivity contribution is 0.262. The molecule has 21 heteroatoms. The maximum atomic E-state index is 14.2. The van der Waals surface area contributed by atoms with Crippen LogP contribution in [0.25, 0.3) is 21.5 Å². The van der Waals surface area contributed by atoms with Crippen molar-refractivity contribution in [3.63, 3.8) is 0 Å². The van der Waals surface area contributed by atoms with E-state index in [2.05, 4.69) is 10.6 Å². The number of aromatic hydroxyl groups is 2. The molecule has 6 N–H and O–H groups in total. The van der Waals surface area contributed by atoms with E-state index in [0.717, 1.165) is 32.9 Å². The molecule has 0 saturated heterocycles. The van der Waals surface area contributed by atoms with Gasteiger partial charge in [-0.25, -0.2) is 30.2 Å². The van der Waals surface area contributed by atoms with E-state index < -0.39 is 67.6 Å². The summed E-state index contributed by atoms with van der Waals surface area (Å²) in [5, 5.41) is 25.5. The monoisotopic (exact) mass is 838 g/mol. The minimum absolute atomic E-state index is 0.0742. The number of anilines is 6. The molecule has 0 fully saturated rings. The number of hydrogen-bond acceptors (Lipinski definition) is 11. The summed E-state index contributed by atoms with van der Waals surface area (Å²) >= 11 is 0. The zero-order valence-corrected chi connectivity index (χ0v) is 31.8. The number of sulfonamides is 2. The Morgan fingerprint density at radius 2 is 0.929 bits per heavy atom. The van der Waals surface area contributed by atoms with Crippen molar-refractivity contribution in [2.24, 2.45) is 0 Å². The van der Waals surface area contributed by atoms with Crippen molar-refractivity contribution in [3.05, 3.63) is 96.1 Å². The Bertz CT molecular complexity index is 3050. The Morgan fingerprint density at radius 1 is 0.554 bits per heavy atom. The molecule has 0 saturated carbocycles. The summed E-state index contributed by atoms with van der Waals surface area (Å²) in [5.74, 6) is -1.18. The summed E-state index contributed by atoms with van der Waals surface area (Å²) < 4.78 is 127. The van der Waals surface area contributed by atoms with Crippen molar-refractivity contribution in [3.8, 4) is 11.5 Å². The molecular weight excluding hydrogens is 813 g/mol. The number of nitrogens with zero attached hydrogens (tertiary/aromatic N) is 2. The molecule has 6 aromatic rings. The molecule has 6 aromatic carbocycles. The Labute approximate surface area is 318 Å². The van der Waals surface area contributed by atoms with Gasteiger partial charge in [0.25, 0.3) is 40.3 Å². The number of fused-ring (bicyclic) bond motifs is 6. The fourth-order valence-corrected chi connectivity index (χ4v) is 12.5. The van der Waals surface area contributed by atoms with E-state index in [1.54, 1.807) is 0 Å². The zero-order chi connectivity index (χ0) is 40.4. The number of carbonyl (C=O) groups excluding carboxylic acids is 1. The number of carbonyl (C=O) groups is 1. The van der Waals surface area contributed by atoms with E-state index in [4.69, 9.17) is 0 Å². The van der Waals surface area contributed by atoms with Crippen LogP contribution in [0.5, 0.6) is 11.5 Å². The van der Waals surface area contributed by atoms with Crippen LogP contribution in [0.2, 0.25) is 0 Å². The van der Waals surface area contributed by atoms with Crippen molar-refractivity contribution in [2.75, 3.05) is 19.2 Å². The smallest absolute Gasteiger partial charge is 0.323 e. The Kier molecular flexibility index (Phi) is 7.93. The van der Waals surface area contributed by atoms with Gasteiger partial charge in [-0.2, -0.15) is 16.8 Å². The van der Waals surface area contributed by atoms with Crippen LogP contribution >= 0.6 is 0 Å². The second kappa shape index (κ2) is 12.0. The molecule has 4 bridgehead atoms. The first-order valence-electron chi connectivity index (χ1n) is 16.0. The first-order chi connectivity index (χ1) is 26.1. The fraction of sp³-hybridized carbons (Fsp3) is 0.0571. The lowest BCUT2D eigenvalue weighted by atomic mass is 10.1. The topological polar surface area (TPSA) is 265 Å². The molecule has 2 heterocycles. The van der Waals surface area contributed by atoms with Gasteiger partial charge in [0.15, 0.2) is 0 Å². The molecule has 2 aliphatic rings. The third-order valence-corrected chi connectivity index (χ3v) is 15.0. The standard InChI is InChI=1S/C35H26N4O13S4/c1-17-9-11-27-31(33(17)53(43,44)38(27)25-7-3-5-21-23(25)13-19(40)15-29(21)55(47,48)49)36-35(42)37-32-28-12-10-18(2)34(32)54(45,46)39(28)26-8-4-6-22-24(26)14-20(41)16-30(22)56(50,51)52/h3-16,40-41H,1-2H3,(H2,36,37,42)(H,47,48,49)(H,50,51,52). The molecule has 0 spiro atoms. The second-order valence-electron chi connectivity index (χ2n) is 12.9. The van der Waals surface area contributed by atoms with E-state index in [0.29, 0.717) is 0 Å². The quantitative estimate of drug-likeness (QED) is 0.108. The summed E-state index contributed by atoms with van der Waals surface area (Å²) in [6, 6.07) is 16.5.